The Kier molecular flexibility index (Phi) is 3.61. The smallest absolute Gasteiger partial charge is 0.321 e. The third kappa shape index (κ3) is 2.75. The van der Waals surface area contributed by atoms with Crippen LogP contribution >= 0.6 is 0 Å². The number of carbonyl (C=O) groups is 1. The van der Waals surface area contributed by atoms with Gasteiger partial charge in [0.25, 0.3) is 0 Å². The minimum Gasteiger partial charge on any atom is -0.325 e. The summed E-state index contributed by atoms with van der Waals surface area (Å²) in [6, 6.07) is 4.60. The average molecular weight is 236 g/mol. The quantitative estimate of drug-likeness (QED) is 0.798. The minimum absolute atomic E-state index is 0.126. The molecule has 1 aliphatic heterocycles. The number of urea groups is 1. The van der Waals surface area contributed by atoms with Crippen molar-refractivity contribution < 1.29 is 9.18 Å². The summed E-state index contributed by atoms with van der Waals surface area (Å²) >= 11 is 0. The van der Waals surface area contributed by atoms with Crippen LogP contribution in [0.4, 0.5) is 14.9 Å². The van der Waals surface area contributed by atoms with E-state index in [2.05, 4.69) is 5.32 Å². The van der Waals surface area contributed by atoms with Gasteiger partial charge in [0.1, 0.15) is 5.82 Å². The van der Waals surface area contributed by atoms with Crippen molar-refractivity contribution in [1.82, 2.24) is 4.90 Å². The second-order valence-corrected chi connectivity index (χ2v) is 4.39. The summed E-state index contributed by atoms with van der Waals surface area (Å²) in [5.74, 6) is -0.290. The van der Waals surface area contributed by atoms with Gasteiger partial charge < -0.3 is 10.2 Å². The predicted molar refractivity (Wildman–Crippen MR) is 65.6 cm³/mol. The average Bonchev–Trinajstić information content (AvgIpc) is 2.36. The van der Waals surface area contributed by atoms with Gasteiger partial charge >= 0.3 is 6.03 Å². The number of hydrogen-bond acceptors (Lipinski definition) is 1. The van der Waals surface area contributed by atoms with Gasteiger partial charge in [-0.05, 0) is 38.3 Å². The fourth-order valence-electron chi connectivity index (χ4n) is 2.03. The monoisotopic (exact) mass is 236 g/mol. The highest BCUT2D eigenvalue weighted by Crippen LogP contribution is 2.18. The first-order valence-corrected chi connectivity index (χ1v) is 5.99. The highest BCUT2D eigenvalue weighted by atomic mass is 19.1. The number of piperidine rings is 1. The fourth-order valence-corrected chi connectivity index (χ4v) is 2.03. The van der Waals surface area contributed by atoms with Gasteiger partial charge in [0.15, 0.2) is 0 Å². The van der Waals surface area contributed by atoms with Crippen LogP contribution in [-0.4, -0.2) is 24.0 Å². The standard InChI is InChI=1S/C13H17FN2O/c1-10-11(14)6-5-7-12(10)15-13(17)16-8-3-2-4-9-16/h5-7H,2-4,8-9H2,1H3,(H,15,17). The first kappa shape index (κ1) is 11.9. The van der Waals surface area contributed by atoms with Crippen LogP contribution in [0.3, 0.4) is 0 Å². The molecule has 4 heteroatoms. The topological polar surface area (TPSA) is 32.3 Å². The number of hydrogen-bond donors (Lipinski definition) is 1. The zero-order valence-electron chi connectivity index (χ0n) is 10.0. The molecule has 3 nitrogen and oxygen atoms in total. The molecule has 1 saturated heterocycles. The summed E-state index contributed by atoms with van der Waals surface area (Å²) in [7, 11) is 0. The van der Waals surface area contributed by atoms with Crippen LogP contribution in [0, 0.1) is 12.7 Å². The molecule has 1 aromatic rings. The SMILES string of the molecule is Cc1c(F)cccc1NC(=O)N1CCCCC1. The van der Waals surface area contributed by atoms with Gasteiger partial charge in [0, 0.05) is 24.3 Å². The van der Waals surface area contributed by atoms with Crippen LogP contribution in [-0.2, 0) is 0 Å². The molecule has 0 unspecified atom stereocenters. The Morgan fingerprint density at radius 3 is 2.71 bits per heavy atom. The van der Waals surface area contributed by atoms with Crippen LogP contribution in [0.2, 0.25) is 0 Å². The summed E-state index contributed by atoms with van der Waals surface area (Å²) in [4.78, 5) is 13.7. The maximum atomic E-state index is 13.3. The Hall–Kier alpha value is -1.58. The molecule has 0 aliphatic carbocycles. The molecule has 2 amide bonds. The molecule has 0 spiro atoms. The Bertz CT molecular complexity index is 414. The van der Waals surface area contributed by atoms with Crippen molar-refractivity contribution in [3.05, 3.63) is 29.6 Å². The summed E-state index contributed by atoms with van der Waals surface area (Å²) < 4.78 is 13.3. The van der Waals surface area contributed by atoms with E-state index in [-0.39, 0.29) is 11.8 Å². The summed E-state index contributed by atoms with van der Waals surface area (Å²) in [5.41, 5.74) is 1.04. The number of rotatable bonds is 1. The molecule has 17 heavy (non-hydrogen) atoms. The van der Waals surface area contributed by atoms with E-state index in [0.29, 0.717) is 11.3 Å². The second-order valence-electron chi connectivity index (χ2n) is 4.39. The van der Waals surface area contributed by atoms with E-state index in [9.17, 15) is 9.18 Å². The number of halogens is 1. The van der Waals surface area contributed by atoms with Crippen LogP contribution < -0.4 is 5.32 Å². The molecule has 1 heterocycles. The van der Waals surface area contributed by atoms with Gasteiger partial charge in [-0.25, -0.2) is 9.18 Å². The maximum absolute atomic E-state index is 13.3. The van der Waals surface area contributed by atoms with Gasteiger partial charge in [-0.2, -0.15) is 0 Å². The van der Waals surface area contributed by atoms with Gasteiger partial charge in [0.2, 0.25) is 0 Å². The molecule has 0 bridgehead atoms. The third-order valence-electron chi connectivity index (χ3n) is 3.15. The number of anilines is 1. The van der Waals surface area contributed by atoms with Gasteiger partial charge in [-0.3, -0.25) is 0 Å². The van der Waals surface area contributed by atoms with Crippen LogP contribution in [0.5, 0.6) is 0 Å². The lowest BCUT2D eigenvalue weighted by atomic mass is 10.1. The molecule has 1 aromatic carbocycles. The predicted octanol–water partition coefficient (Wildman–Crippen LogP) is 3.15. The highest BCUT2D eigenvalue weighted by molar-refractivity contribution is 5.90. The molecule has 0 saturated carbocycles. The number of amides is 2. The summed E-state index contributed by atoms with van der Waals surface area (Å²) in [5, 5.41) is 2.77. The Morgan fingerprint density at radius 2 is 2.00 bits per heavy atom. The lowest BCUT2D eigenvalue weighted by Crippen LogP contribution is -2.38. The van der Waals surface area contributed by atoms with Crippen LogP contribution in [0.25, 0.3) is 0 Å². The Morgan fingerprint density at radius 1 is 1.29 bits per heavy atom. The normalized spacial score (nSPS) is 15.8. The third-order valence-corrected chi connectivity index (χ3v) is 3.15. The minimum atomic E-state index is -0.290. The van der Waals surface area contributed by atoms with E-state index in [1.807, 2.05) is 0 Å². The molecule has 0 atom stereocenters. The number of nitrogens with zero attached hydrogens (tertiary/aromatic N) is 1. The second kappa shape index (κ2) is 5.17. The molecular weight excluding hydrogens is 219 g/mol. The number of nitrogens with one attached hydrogen (secondary N) is 1. The van der Waals surface area contributed by atoms with E-state index in [1.54, 1.807) is 24.0 Å². The van der Waals surface area contributed by atoms with Crippen molar-refractivity contribution in [2.75, 3.05) is 18.4 Å². The number of benzene rings is 1. The van der Waals surface area contributed by atoms with E-state index in [0.717, 1.165) is 25.9 Å². The van der Waals surface area contributed by atoms with Gasteiger partial charge in [-0.1, -0.05) is 6.07 Å². The number of carbonyl (C=O) groups excluding carboxylic acids is 1. The van der Waals surface area contributed by atoms with Crippen molar-refractivity contribution >= 4 is 11.7 Å². The molecule has 0 aromatic heterocycles. The summed E-state index contributed by atoms with van der Waals surface area (Å²) in [6.07, 6.45) is 3.29. The zero-order valence-corrected chi connectivity index (χ0v) is 10.0. The van der Waals surface area contributed by atoms with E-state index < -0.39 is 0 Å². The van der Waals surface area contributed by atoms with E-state index in [1.165, 1.54) is 12.5 Å². The first-order valence-electron chi connectivity index (χ1n) is 5.99. The lowest BCUT2D eigenvalue weighted by molar-refractivity contribution is 0.200. The molecule has 0 radical (unpaired) electrons. The van der Waals surface area contributed by atoms with E-state index in [4.69, 9.17) is 0 Å². The molecule has 1 fully saturated rings. The van der Waals surface area contributed by atoms with Crippen molar-refractivity contribution in [3.8, 4) is 0 Å². The molecule has 1 aliphatic rings. The summed E-state index contributed by atoms with van der Waals surface area (Å²) in [6.45, 7) is 3.25. The van der Waals surface area contributed by atoms with Crippen molar-refractivity contribution in [2.45, 2.75) is 26.2 Å². The molecular formula is C13H17FN2O. The zero-order chi connectivity index (χ0) is 12.3. The van der Waals surface area contributed by atoms with Crippen molar-refractivity contribution in [1.29, 1.82) is 0 Å². The van der Waals surface area contributed by atoms with Gasteiger partial charge in [-0.15, -0.1) is 0 Å². The molecule has 92 valence electrons. The first-order chi connectivity index (χ1) is 8.18. The largest absolute Gasteiger partial charge is 0.325 e. The highest BCUT2D eigenvalue weighted by Gasteiger charge is 2.17. The van der Waals surface area contributed by atoms with E-state index >= 15 is 0 Å². The maximum Gasteiger partial charge on any atom is 0.321 e. The Labute approximate surface area is 101 Å². The number of likely N-dealkylation sites (tertiary alicyclic amines) is 1. The van der Waals surface area contributed by atoms with Crippen molar-refractivity contribution in [3.63, 3.8) is 0 Å². The molecule has 2 rings (SSSR count). The van der Waals surface area contributed by atoms with Crippen molar-refractivity contribution in [2.24, 2.45) is 0 Å². The van der Waals surface area contributed by atoms with Gasteiger partial charge in [0.05, 0.1) is 0 Å². The molecule has 1 N–H and O–H groups in total. The Balaban J connectivity index is 2.04. The van der Waals surface area contributed by atoms with Crippen LogP contribution in [0.15, 0.2) is 18.2 Å². The fraction of sp³-hybridized carbons (Fsp3) is 0.462. The van der Waals surface area contributed by atoms with Crippen LogP contribution in [0.1, 0.15) is 24.8 Å². The lowest BCUT2D eigenvalue weighted by Gasteiger charge is -2.27.